The summed E-state index contributed by atoms with van der Waals surface area (Å²) >= 11 is 3.98. The number of rotatable bonds is 3. The number of hydrogen-bond acceptors (Lipinski definition) is 5. The molecular formula is C15H21N3OS2. The van der Waals surface area contributed by atoms with Crippen molar-refractivity contribution in [2.75, 3.05) is 44.7 Å². The summed E-state index contributed by atoms with van der Waals surface area (Å²) < 4.78 is 0.541. The zero-order valence-corrected chi connectivity index (χ0v) is 13.9. The van der Waals surface area contributed by atoms with E-state index in [1.807, 2.05) is 40.7 Å². The Labute approximate surface area is 134 Å². The van der Waals surface area contributed by atoms with Crippen LogP contribution in [0.3, 0.4) is 0 Å². The molecule has 21 heavy (non-hydrogen) atoms. The van der Waals surface area contributed by atoms with Gasteiger partial charge in [0.25, 0.3) is 5.91 Å². The normalized spacial score (nSPS) is 21.6. The van der Waals surface area contributed by atoms with Crippen LogP contribution in [-0.4, -0.2) is 60.5 Å². The average Bonchev–Trinajstić information content (AvgIpc) is 3.04. The highest BCUT2D eigenvalue weighted by molar-refractivity contribution is 8.19. The van der Waals surface area contributed by atoms with E-state index >= 15 is 0 Å². The first-order valence-corrected chi connectivity index (χ1v) is 9.40. The van der Waals surface area contributed by atoms with Gasteiger partial charge in [-0.1, -0.05) is 12.1 Å². The molecule has 3 rings (SSSR count). The minimum Gasteiger partial charge on any atom is -0.304 e. The van der Waals surface area contributed by atoms with Crippen LogP contribution in [0.2, 0.25) is 0 Å². The number of amides is 1. The molecule has 2 saturated heterocycles. The number of thioether (sulfide) groups is 2. The fraction of sp³-hybridized carbons (Fsp3) is 0.533. The Hall–Kier alpha value is -0.690. The van der Waals surface area contributed by atoms with Crippen LogP contribution >= 0.6 is 23.5 Å². The lowest BCUT2D eigenvalue weighted by molar-refractivity contribution is 0.0662. The highest BCUT2D eigenvalue weighted by Gasteiger charge is 2.19. The summed E-state index contributed by atoms with van der Waals surface area (Å²) in [4.78, 5) is 14.5. The van der Waals surface area contributed by atoms with Crippen molar-refractivity contribution in [3.05, 3.63) is 35.4 Å². The molecule has 0 saturated carbocycles. The molecule has 2 fully saturated rings. The van der Waals surface area contributed by atoms with Gasteiger partial charge in [-0.3, -0.25) is 10.2 Å². The van der Waals surface area contributed by atoms with Gasteiger partial charge in [0.2, 0.25) is 0 Å². The lowest BCUT2D eigenvalue weighted by Crippen LogP contribution is -2.52. The molecule has 6 heteroatoms. The minimum absolute atomic E-state index is 0.00201. The number of hydrogen-bond donors (Lipinski definition) is 1. The van der Waals surface area contributed by atoms with E-state index in [1.54, 1.807) is 0 Å². The van der Waals surface area contributed by atoms with Gasteiger partial charge in [0.1, 0.15) is 0 Å². The van der Waals surface area contributed by atoms with Crippen molar-refractivity contribution in [1.82, 2.24) is 15.3 Å². The van der Waals surface area contributed by atoms with Crippen LogP contribution < -0.4 is 5.43 Å². The summed E-state index contributed by atoms with van der Waals surface area (Å²) in [6.07, 6.45) is 0. The van der Waals surface area contributed by atoms with Crippen molar-refractivity contribution in [2.45, 2.75) is 4.58 Å². The fourth-order valence-corrected chi connectivity index (χ4v) is 5.33. The Morgan fingerprint density at radius 1 is 1.10 bits per heavy atom. The number of benzene rings is 1. The van der Waals surface area contributed by atoms with Crippen LogP contribution in [0.15, 0.2) is 24.3 Å². The Morgan fingerprint density at radius 2 is 1.71 bits per heavy atom. The summed E-state index contributed by atoms with van der Waals surface area (Å²) in [6, 6.07) is 8.07. The van der Waals surface area contributed by atoms with E-state index in [1.165, 1.54) is 17.1 Å². The van der Waals surface area contributed by atoms with Crippen molar-refractivity contribution < 1.29 is 4.79 Å². The first-order valence-electron chi connectivity index (χ1n) is 7.30. The van der Waals surface area contributed by atoms with Crippen LogP contribution in [0.1, 0.15) is 20.5 Å². The van der Waals surface area contributed by atoms with Crippen molar-refractivity contribution in [1.29, 1.82) is 0 Å². The molecule has 114 valence electrons. The number of likely N-dealkylation sites (N-methyl/N-ethyl adjacent to an activating group) is 1. The molecule has 0 bridgehead atoms. The fourth-order valence-electron chi connectivity index (χ4n) is 2.47. The van der Waals surface area contributed by atoms with Gasteiger partial charge in [-0.05, 0) is 24.7 Å². The van der Waals surface area contributed by atoms with Gasteiger partial charge >= 0.3 is 0 Å². The molecule has 0 spiro atoms. The molecule has 0 radical (unpaired) electrons. The molecule has 2 aliphatic heterocycles. The Balaban J connectivity index is 1.57. The molecule has 2 heterocycles. The van der Waals surface area contributed by atoms with Gasteiger partial charge in [-0.15, -0.1) is 23.5 Å². The van der Waals surface area contributed by atoms with Gasteiger partial charge < -0.3 is 4.90 Å². The minimum atomic E-state index is -0.00201. The second-order valence-corrected chi connectivity index (χ2v) is 8.15. The summed E-state index contributed by atoms with van der Waals surface area (Å²) in [5, 5.41) is 2.01. The molecule has 1 aromatic carbocycles. The predicted molar refractivity (Wildman–Crippen MR) is 90.6 cm³/mol. The topological polar surface area (TPSA) is 35.6 Å². The summed E-state index contributed by atoms with van der Waals surface area (Å²) in [5.41, 5.74) is 5.06. The summed E-state index contributed by atoms with van der Waals surface area (Å²) in [6.45, 7) is 3.76. The van der Waals surface area contributed by atoms with Crippen LogP contribution in [0.25, 0.3) is 0 Å². The smallest absolute Gasteiger partial charge is 0.265 e. The largest absolute Gasteiger partial charge is 0.304 e. The van der Waals surface area contributed by atoms with Gasteiger partial charge in [-0.25, -0.2) is 5.01 Å². The van der Waals surface area contributed by atoms with Gasteiger partial charge in [0.15, 0.2) is 0 Å². The number of nitrogens with zero attached hydrogens (tertiary/aromatic N) is 2. The number of nitrogens with one attached hydrogen (secondary N) is 1. The molecule has 1 N–H and O–H groups in total. The SMILES string of the molecule is CN1CCN(NC(=O)c2ccc(C3SCCS3)cc2)CC1. The maximum atomic E-state index is 12.3. The standard InChI is InChI=1S/C15H21N3OS2/c1-17-6-8-18(9-7-17)16-14(19)12-2-4-13(5-3-12)15-20-10-11-21-15/h2-5,15H,6-11H2,1H3,(H,16,19). The van der Waals surface area contributed by atoms with E-state index < -0.39 is 0 Å². The zero-order chi connectivity index (χ0) is 14.7. The maximum absolute atomic E-state index is 12.3. The van der Waals surface area contributed by atoms with Gasteiger partial charge in [-0.2, -0.15) is 0 Å². The molecule has 1 aromatic rings. The van der Waals surface area contributed by atoms with Gasteiger partial charge in [0, 0.05) is 43.2 Å². The number of carbonyl (C=O) groups excluding carboxylic acids is 1. The maximum Gasteiger partial charge on any atom is 0.265 e. The molecule has 0 aromatic heterocycles. The Morgan fingerprint density at radius 3 is 2.33 bits per heavy atom. The van der Waals surface area contributed by atoms with Crippen molar-refractivity contribution in [3.63, 3.8) is 0 Å². The third kappa shape index (κ3) is 3.94. The van der Waals surface area contributed by atoms with Crippen LogP contribution in [0, 0.1) is 0 Å². The van der Waals surface area contributed by atoms with Gasteiger partial charge in [0.05, 0.1) is 4.58 Å². The molecule has 1 amide bonds. The molecule has 0 aliphatic carbocycles. The lowest BCUT2D eigenvalue weighted by atomic mass is 10.1. The second-order valence-electron chi connectivity index (χ2n) is 5.43. The van der Waals surface area contributed by atoms with E-state index in [9.17, 15) is 4.79 Å². The predicted octanol–water partition coefficient (Wildman–Crippen LogP) is 2.06. The monoisotopic (exact) mass is 323 g/mol. The molecule has 0 atom stereocenters. The quantitative estimate of drug-likeness (QED) is 0.921. The zero-order valence-electron chi connectivity index (χ0n) is 12.2. The second kappa shape index (κ2) is 7.05. The Kier molecular flexibility index (Phi) is 5.11. The highest BCUT2D eigenvalue weighted by atomic mass is 32.2. The van der Waals surface area contributed by atoms with Crippen molar-refractivity contribution in [2.24, 2.45) is 0 Å². The molecule has 2 aliphatic rings. The first kappa shape index (κ1) is 15.2. The third-order valence-electron chi connectivity index (χ3n) is 3.83. The van der Waals surface area contributed by atoms with E-state index in [0.717, 1.165) is 31.7 Å². The first-order chi connectivity index (χ1) is 10.2. The summed E-state index contributed by atoms with van der Waals surface area (Å²) in [7, 11) is 2.11. The number of piperazine rings is 1. The third-order valence-corrected chi connectivity index (χ3v) is 6.93. The van der Waals surface area contributed by atoms with Crippen molar-refractivity contribution >= 4 is 29.4 Å². The number of hydrazine groups is 1. The molecule has 4 nitrogen and oxygen atoms in total. The lowest BCUT2D eigenvalue weighted by Gasteiger charge is -2.32. The van der Waals surface area contributed by atoms with Crippen LogP contribution in [0.4, 0.5) is 0 Å². The van der Waals surface area contributed by atoms with Crippen LogP contribution in [0.5, 0.6) is 0 Å². The number of carbonyl (C=O) groups is 1. The highest BCUT2D eigenvalue weighted by Crippen LogP contribution is 2.45. The van der Waals surface area contributed by atoms with E-state index in [4.69, 9.17) is 0 Å². The Bertz CT molecular complexity index is 480. The average molecular weight is 323 g/mol. The molecule has 0 unspecified atom stereocenters. The molecular weight excluding hydrogens is 302 g/mol. The van der Waals surface area contributed by atoms with Crippen molar-refractivity contribution in [3.8, 4) is 0 Å². The van der Waals surface area contributed by atoms with E-state index in [-0.39, 0.29) is 5.91 Å². The summed E-state index contributed by atoms with van der Waals surface area (Å²) in [5.74, 6) is 2.44. The van der Waals surface area contributed by atoms with E-state index in [2.05, 4.69) is 29.5 Å². The van der Waals surface area contributed by atoms with E-state index in [0.29, 0.717) is 4.58 Å². The van der Waals surface area contributed by atoms with Crippen LogP contribution in [-0.2, 0) is 0 Å².